The summed E-state index contributed by atoms with van der Waals surface area (Å²) >= 11 is 2.67. The molecular formula is C15H15N5OS2. The Morgan fingerprint density at radius 2 is 2.22 bits per heavy atom. The Balaban J connectivity index is 2.23. The van der Waals surface area contributed by atoms with Gasteiger partial charge in [-0.1, -0.05) is 12.1 Å². The summed E-state index contributed by atoms with van der Waals surface area (Å²) in [6, 6.07) is 7.54. The van der Waals surface area contributed by atoms with Crippen LogP contribution in [-0.2, 0) is 11.3 Å². The van der Waals surface area contributed by atoms with Gasteiger partial charge in [-0.3, -0.25) is 4.79 Å². The van der Waals surface area contributed by atoms with Crippen molar-refractivity contribution in [3.63, 3.8) is 0 Å². The molecule has 118 valence electrons. The van der Waals surface area contributed by atoms with Crippen LogP contribution >= 0.6 is 23.5 Å². The lowest BCUT2D eigenvalue weighted by Gasteiger charge is -2.21. The summed E-state index contributed by atoms with van der Waals surface area (Å²) in [5.41, 5.74) is 7.36. The van der Waals surface area contributed by atoms with Gasteiger partial charge < -0.3 is 10.6 Å². The average molecular weight is 345 g/mol. The first-order valence-electron chi connectivity index (χ1n) is 6.68. The number of hydrogen-bond donors (Lipinski definition) is 1. The molecule has 0 spiro atoms. The van der Waals surface area contributed by atoms with Crippen LogP contribution in [0.2, 0.25) is 0 Å². The molecule has 0 radical (unpaired) electrons. The van der Waals surface area contributed by atoms with Crippen LogP contribution in [0.3, 0.4) is 0 Å². The minimum atomic E-state index is 0.290. The maximum absolute atomic E-state index is 11.5. The van der Waals surface area contributed by atoms with E-state index in [9.17, 15) is 4.79 Å². The normalized spacial score (nSPS) is 10.1. The summed E-state index contributed by atoms with van der Waals surface area (Å²) in [6.07, 6.45) is 2.39. The molecule has 2 N–H and O–H groups in total. The van der Waals surface area contributed by atoms with Gasteiger partial charge in [0.2, 0.25) is 6.41 Å². The number of amides is 1. The van der Waals surface area contributed by atoms with E-state index in [1.165, 1.54) is 11.8 Å². The van der Waals surface area contributed by atoms with E-state index in [0.717, 1.165) is 28.8 Å². The van der Waals surface area contributed by atoms with Crippen molar-refractivity contribution in [2.24, 2.45) is 0 Å². The number of rotatable bonds is 7. The molecule has 0 atom stereocenters. The van der Waals surface area contributed by atoms with Gasteiger partial charge in [0.25, 0.3) is 0 Å². The van der Waals surface area contributed by atoms with Gasteiger partial charge >= 0.3 is 0 Å². The molecule has 2 rings (SSSR count). The number of nitrogen functional groups attached to an aromatic ring is 1. The summed E-state index contributed by atoms with van der Waals surface area (Å²) in [5, 5.41) is 11.2. The Labute approximate surface area is 143 Å². The number of nitrogens with zero attached hydrogens (tertiary/aromatic N) is 4. The lowest BCUT2D eigenvalue weighted by atomic mass is 10.2. The zero-order valence-corrected chi connectivity index (χ0v) is 14.1. The topological polar surface area (TPSA) is 95.9 Å². The zero-order chi connectivity index (χ0) is 16.7. The molecule has 1 aromatic heterocycles. The second-order valence-corrected chi connectivity index (χ2v) is 6.67. The van der Waals surface area contributed by atoms with E-state index in [-0.39, 0.29) is 0 Å². The second-order valence-electron chi connectivity index (χ2n) is 4.53. The number of carbonyl (C=O) groups is 1. The highest BCUT2D eigenvalue weighted by Gasteiger charge is 2.13. The molecule has 0 aliphatic carbocycles. The number of nitriles is 1. The zero-order valence-electron chi connectivity index (χ0n) is 12.5. The van der Waals surface area contributed by atoms with Gasteiger partial charge in [-0.25, -0.2) is 9.97 Å². The quantitative estimate of drug-likeness (QED) is 0.271. The van der Waals surface area contributed by atoms with E-state index in [4.69, 9.17) is 11.0 Å². The van der Waals surface area contributed by atoms with E-state index < -0.39 is 0 Å². The van der Waals surface area contributed by atoms with Crippen LogP contribution in [0.25, 0.3) is 0 Å². The molecule has 1 heterocycles. The molecule has 1 aromatic carbocycles. The minimum Gasteiger partial charge on any atom is -0.383 e. The molecule has 23 heavy (non-hydrogen) atoms. The fourth-order valence-corrected chi connectivity index (χ4v) is 3.40. The number of benzene rings is 1. The van der Waals surface area contributed by atoms with Crippen molar-refractivity contribution in [3.8, 4) is 5.40 Å². The number of hydrogen-bond acceptors (Lipinski definition) is 7. The monoisotopic (exact) mass is 345 g/mol. The highest BCUT2D eigenvalue weighted by molar-refractivity contribution is 8.18. The lowest BCUT2D eigenvalue weighted by Crippen LogP contribution is -2.22. The molecule has 0 aliphatic rings. The number of anilines is 2. The number of para-hydroxylation sites is 1. The third-order valence-corrected chi connectivity index (χ3v) is 4.73. The fourth-order valence-electron chi connectivity index (χ4n) is 1.93. The van der Waals surface area contributed by atoms with Crippen molar-refractivity contribution in [3.05, 3.63) is 41.9 Å². The molecule has 0 bridgehead atoms. The molecule has 0 aliphatic heterocycles. The maximum Gasteiger partial charge on any atom is 0.214 e. The van der Waals surface area contributed by atoms with Crippen LogP contribution in [0.5, 0.6) is 0 Å². The highest BCUT2D eigenvalue weighted by Crippen LogP contribution is 2.32. The van der Waals surface area contributed by atoms with Crippen LogP contribution < -0.4 is 10.6 Å². The van der Waals surface area contributed by atoms with Gasteiger partial charge in [0.1, 0.15) is 17.0 Å². The van der Waals surface area contributed by atoms with Gasteiger partial charge in [0, 0.05) is 16.7 Å². The third kappa shape index (κ3) is 4.61. The Bertz CT molecular complexity index is 732. The minimum absolute atomic E-state index is 0.290. The van der Waals surface area contributed by atoms with Crippen molar-refractivity contribution >= 4 is 41.4 Å². The first-order chi connectivity index (χ1) is 11.2. The summed E-state index contributed by atoms with van der Waals surface area (Å²) in [6.45, 7) is 2.05. The molecule has 2 aromatic rings. The predicted molar refractivity (Wildman–Crippen MR) is 93.8 cm³/mol. The largest absolute Gasteiger partial charge is 0.383 e. The van der Waals surface area contributed by atoms with Gasteiger partial charge in [0.05, 0.1) is 17.3 Å². The van der Waals surface area contributed by atoms with Crippen molar-refractivity contribution in [1.82, 2.24) is 9.97 Å². The van der Waals surface area contributed by atoms with Gasteiger partial charge in [-0.05, 0) is 30.8 Å². The van der Waals surface area contributed by atoms with Crippen molar-refractivity contribution in [1.29, 1.82) is 5.26 Å². The van der Waals surface area contributed by atoms with Crippen LogP contribution in [0.1, 0.15) is 11.4 Å². The van der Waals surface area contributed by atoms with Crippen LogP contribution in [0.4, 0.5) is 11.5 Å². The Morgan fingerprint density at radius 3 is 2.91 bits per heavy atom. The van der Waals surface area contributed by atoms with E-state index in [1.807, 2.05) is 29.7 Å². The number of thiocyanates is 1. The summed E-state index contributed by atoms with van der Waals surface area (Å²) in [7, 11) is 0. The number of carbonyl (C=O) groups excluding carboxylic acids is 1. The lowest BCUT2D eigenvalue weighted by molar-refractivity contribution is -0.107. The standard InChI is InChI=1S/C15H15N5OS2/c1-11-18-6-12(15(17)19-11)7-20(9-21)13-4-2-3-5-14(13)23-10-22-8-16/h2-6,9H,7,10H2,1H3,(H2,17,18,19). The molecule has 0 fully saturated rings. The summed E-state index contributed by atoms with van der Waals surface area (Å²) in [4.78, 5) is 22.3. The molecule has 8 heteroatoms. The van der Waals surface area contributed by atoms with Crippen LogP contribution in [-0.4, -0.2) is 21.5 Å². The second kappa shape index (κ2) is 8.41. The number of aryl methyl sites for hydroxylation is 1. The van der Waals surface area contributed by atoms with E-state index >= 15 is 0 Å². The number of nitrogens with two attached hydrogens (primary N) is 1. The molecular weight excluding hydrogens is 330 g/mol. The van der Waals surface area contributed by atoms with Crippen molar-refractivity contribution in [2.45, 2.75) is 18.4 Å². The number of thioether (sulfide) groups is 2. The molecule has 0 saturated heterocycles. The molecule has 0 unspecified atom stereocenters. The van der Waals surface area contributed by atoms with Crippen molar-refractivity contribution < 1.29 is 4.79 Å². The molecule has 0 saturated carbocycles. The van der Waals surface area contributed by atoms with Gasteiger partial charge in [-0.2, -0.15) is 5.26 Å². The fraction of sp³-hybridized carbons (Fsp3) is 0.200. The predicted octanol–water partition coefficient (Wildman–Crippen LogP) is 2.79. The first-order valence-corrected chi connectivity index (χ1v) is 8.65. The maximum atomic E-state index is 11.5. The Kier molecular flexibility index (Phi) is 6.26. The van der Waals surface area contributed by atoms with Crippen LogP contribution in [0, 0.1) is 17.6 Å². The highest BCUT2D eigenvalue weighted by atomic mass is 32.2. The Hall–Kier alpha value is -2.24. The number of aromatic nitrogens is 2. The van der Waals surface area contributed by atoms with E-state index in [0.29, 0.717) is 28.8 Å². The third-order valence-electron chi connectivity index (χ3n) is 3.00. The SMILES string of the molecule is Cc1ncc(CN(C=O)c2ccccc2SCSC#N)c(N)n1. The van der Waals surface area contributed by atoms with Gasteiger partial charge in [-0.15, -0.1) is 11.8 Å². The molecule has 1 amide bonds. The summed E-state index contributed by atoms with van der Waals surface area (Å²) < 4.78 is 0. The first kappa shape index (κ1) is 17.1. The van der Waals surface area contributed by atoms with E-state index in [2.05, 4.69) is 9.97 Å². The smallest absolute Gasteiger partial charge is 0.214 e. The van der Waals surface area contributed by atoms with Gasteiger partial charge in [0.15, 0.2) is 0 Å². The Morgan fingerprint density at radius 1 is 1.43 bits per heavy atom. The van der Waals surface area contributed by atoms with E-state index in [1.54, 1.807) is 18.0 Å². The average Bonchev–Trinajstić information content (AvgIpc) is 2.55. The summed E-state index contributed by atoms with van der Waals surface area (Å²) in [5.74, 6) is 0.961. The molecule has 6 nitrogen and oxygen atoms in total. The van der Waals surface area contributed by atoms with Crippen LogP contribution in [0.15, 0.2) is 35.4 Å². The van der Waals surface area contributed by atoms with Crippen molar-refractivity contribution in [2.75, 3.05) is 15.7 Å².